The van der Waals surface area contributed by atoms with Gasteiger partial charge in [0.1, 0.15) is 4.88 Å². The maximum Gasteiger partial charge on any atom is 0.348 e. The number of hydrogen-bond donors (Lipinski definition) is 1. The molecule has 2 aromatic carbocycles. The van der Waals surface area contributed by atoms with Gasteiger partial charge in [-0.25, -0.2) is 14.8 Å². The summed E-state index contributed by atoms with van der Waals surface area (Å²) in [5.41, 5.74) is 8.57. The maximum atomic E-state index is 11.9. The maximum absolute atomic E-state index is 11.9. The third-order valence-electron chi connectivity index (χ3n) is 3.92. The number of nitrogens with two attached hydrogens (primary N) is 1. The number of ether oxygens (including phenoxy) is 1. The first-order valence-electron chi connectivity index (χ1n) is 7.87. The summed E-state index contributed by atoms with van der Waals surface area (Å²) in [5.74, 6) is -0.00266. The molecule has 0 radical (unpaired) electrons. The van der Waals surface area contributed by atoms with Gasteiger partial charge in [-0.05, 0) is 53.8 Å². The normalized spacial score (nSPS) is 11.1. The number of carbonyl (C=O) groups excluding carboxylic acids is 1. The fourth-order valence-corrected chi connectivity index (χ4v) is 3.69. The number of rotatable bonds is 3. The molecule has 6 heteroatoms. The Labute approximate surface area is 148 Å². The van der Waals surface area contributed by atoms with E-state index in [0.29, 0.717) is 11.5 Å². The van der Waals surface area contributed by atoms with Gasteiger partial charge in [-0.1, -0.05) is 12.1 Å². The Hall–Kier alpha value is -2.99. The van der Waals surface area contributed by atoms with E-state index in [1.807, 2.05) is 36.4 Å². The van der Waals surface area contributed by atoms with Crippen LogP contribution in [0.25, 0.3) is 32.1 Å². The summed E-state index contributed by atoms with van der Waals surface area (Å²) < 4.78 is 6.14. The van der Waals surface area contributed by atoms with Crippen molar-refractivity contribution < 1.29 is 9.53 Å². The molecule has 2 N–H and O–H groups in total. The number of anilines is 1. The van der Waals surface area contributed by atoms with E-state index in [2.05, 4.69) is 16.0 Å². The first-order valence-corrected chi connectivity index (χ1v) is 8.69. The van der Waals surface area contributed by atoms with Gasteiger partial charge in [0.15, 0.2) is 0 Å². The van der Waals surface area contributed by atoms with Crippen LogP contribution in [0.2, 0.25) is 0 Å². The smallest absolute Gasteiger partial charge is 0.348 e. The molecule has 0 bridgehead atoms. The minimum absolute atomic E-state index is 0.270. The van der Waals surface area contributed by atoms with Gasteiger partial charge in [0, 0.05) is 16.3 Å². The van der Waals surface area contributed by atoms with Crippen molar-refractivity contribution in [3.63, 3.8) is 0 Å². The van der Waals surface area contributed by atoms with Gasteiger partial charge < -0.3 is 10.5 Å². The average molecular weight is 349 g/mol. The number of fused-ring (bicyclic) bond motifs is 2. The van der Waals surface area contributed by atoms with Crippen molar-refractivity contribution in [1.29, 1.82) is 0 Å². The van der Waals surface area contributed by atoms with Crippen LogP contribution in [0.5, 0.6) is 0 Å². The first-order chi connectivity index (χ1) is 12.1. The number of carbonyl (C=O) groups is 1. The van der Waals surface area contributed by atoms with Crippen LogP contribution < -0.4 is 5.73 Å². The molecular formula is C19H15N3O2S. The van der Waals surface area contributed by atoms with Gasteiger partial charge in [-0.3, -0.25) is 0 Å². The Morgan fingerprint density at radius 2 is 1.88 bits per heavy atom. The second-order valence-corrected chi connectivity index (χ2v) is 6.67. The van der Waals surface area contributed by atoms with E-state index < -0.39 is 0 Å². The Morgan fingerprint density at radius 1 is 1.12 bits per heavy atom. The van der Waals surface area contributed by atoms with Crippen molar-refractivity contribution in [2.75, 3.05) is 12.3 Å². The molecular weight excluding hydrogens is 334 g/mol. The molecule has 4 rings (SSSR count). The lowest BCUT2D eigenvalue weighted by Gasteiger charge is -2.04. The van der Waals surface area contributed by atoms with Crippen LogP contribution >= 0.6 is 11.3 Å². The molecule has 0 aliphatic carbocycles. The summed E-state index contributed by atoms with van der Waals surface area (Å²) in [6.45, 7) is 2.18. The SMILES string of the molecule is CCOC(=O)c1cc2cc(-c3ccc4nc(N)ncc4c3)ccc2s1. The van der Waals surface area contributed by atoms with E-state index in [9.17, 15) is 4.79 Å². The molecule has 0 saturated heterocycles. The summed E-state index contributed by atoms with van der Waals surface area (Å²) in [6, 6.07) is 14.0. The third kappa shape index (κ3) is 2.92. The molecule has 0 spiro atoms. The molecule has 0 amide bonds. The van der Waals surface area contributed by atoms with E-state index in [-0.39, 0.29) is 11.9 Å². The fourth-order valence-electron chi connectivity index (χ4n) is 2.75. The van der Waals surface area contributed by atoms with Gasteiger partial charge >= 0.3 is 5.97 Å². The van der Waals surface area contributed by atoms with Crippen molar-refractivity contribution in [3.05, 3.63) is 53.5 Å². The Bertz CT molecular complexity index is 1100. The Balaban J connectivity index is 1.76. The molecule has 2 heterocycles. The molecule has 2 aromatic heterocycles. The molecule has 124 valence electrons. The summed E-state index contributed by atoms with van der Waals surface area (Å²) in [4.78, 5) is 20.8. The quantitative estimate of drug-likeness (QED) is 0.559. The van der Waals surface area contributed by atoms with Gasteiger partial charge in [-0.15, -0.1) is 11.3 Å². The van der Waals surface area contributed by atoms with E-state index in [0.717, 1.165) is 32.1 Å². The number of hydrogen-bond acceptors (Lipinski definition) is 6. The lowest BCUT2D eigenvalue weighted by atomic mass is 10.0. The number of nitrogens with zero attached hydrogens (tertiary/aromatic N) is 2. The van der Waals surface area contributed by atoms with E-state index in [1.54, 1.807) is 13.1 Å². The molecule has 0 unspecified atom stereocenters. The fraction of sp³-hybridized carbons (Fsp3) is 0.105. The molecule has 0 atom stereocenters. The minimum Gasteiger partial charge on any atom is -0.462 e. The molecule has 5 nitrogen and oxygen atoms in total. The third-order valence-corrected chi connectivity index (χ3v) is 5.02. The van der Waals surface area contributed by atoms with E-state index in [1.165, 1.54) is 11.3 Å². The summed E-state index contributed by atoms with van der Waals surface area (Å²) in [5, 5.41) is 1.96. The predicted octanol–water partition coefficient (Wildman–Crippen LogP) is 4.27. The highest BCUT2D eigenvalue weighted by Gasteiger charge is 2.12. The summed E-state index contributed by atoms with van der Waals surface area (Å²) >= 11 is 1.44. The van der Waals surface area contributed by atoms with Gasteiger partial charge in [0.25, 0.3) is 0 Å². The Kier molecular flexibility index (Phi) is 3.82. The molecule has 25 heavy (non-hydrogen) atoms. The van der Waals surface area contributed by atoms with Crippen LogP contribution in [0.3, 0.4) is 0 Å². The Morgan fingerprint density at radius 3 is 2.68 bits per heavy atom. The van der Waals surface area contributed by atoms with Crippen LogP contribution in [-0.4, -0.2) is 22.5 Å². The van der Waals surface area contributed by atoms with Crippen molar-refractivity contribution >= 4 is 44.2 Å². The largest absolute Gasteiger partial charge is 0.462 e. The van der Waals surface area contributed by atoms with Crippen molar-refractivity contribution in [2.45, 2.75) is 6.92 Å². The van der Waals surface area contributed by atoms with Crippen molar-refractivity contribution in [3.8, 4) is 11.1 Å². The van der Waals surface area contributed by atoms with Gasteiger partial charge in [0.2, 0.25) is 5.95 Å². The van der Waals surface area contributed by atoms with Crippen LogP contribution in [0.1, 0.15) is 16.6 Å². The predicted molar refractivity (Wildman–Crippen MR) is 101 cm³/mol. The topological polar surface area (TPSA) is 78.1 Å². The van der Waals surface area contributed by atoms with Crippen molar-refractivity contribution in [1.82, 2.24) is 9.97 Å². The standard InChI is InChI=1S/C19H15N3O2S/c1-2-24-18(23)17-9-13-7-12(4-6-16(13)25-17)11-3-5-15-14(8-11)10-21-19(20)22-15/h3-10H,2H2,1H3,(H2,20,21,22). The van der Waals surface area contributed by atoms with Crippen LogP contribution in [0, 0.1) is 0 Å². The van der Waals surface area contributed by atoms with Crippen LogP contribution in [0.4, 0.5) is 5.95 Å². The van der Waals surface area contributed by atoms with Gasteiger partial charge in [0.05, 0.1) is 12.1 Å². The van der Waals surface area contributed by atoms with Crippen LogP contribution in [-0.2, 0) is 4.74 Å². The molecule has 0 aliphatic rings. The monoisotopic (exact) mass is 349 g/mol. The number of benzene rings is 2. The van der Waals surface area contributed by atoms with E-state index in [4.69, 9.17) is 10.5 Å². The van der Waals surface area contributed by atoms with E-state index >= 15 is 0 Å². The molecule has 0 saturated carbocycles. The lowest BCUT2D eigenvalue weighted by molar-refractivity contribution is 0.0532. The minimum atomic E-state index is -0.273. The molecule has 0 fully saturated rings. The zero-order valence-electron chi connectivity index (χ0n) is 13.5. The van der Waals surface area contributed by atoms with Crippen molar-refractivity contribution in [2.24, 2.45) is 0 Å². The average Bonchev–Trinajstić information content (AvgIpc) is 3.05. The number of esters is 1. The van der Waals surface area contributed by atoms with Crippen LogP contribution in [0.15, 0.2) is 48.7 Å². The zero-order chi connectivity index (χ0) is 17.4. The zero-order valence-corrected chi connectivity index (χ0v) is 14.3. The molecule has 0 aliphatic heterocycles. The number of nitrogen functional groups attached to an aromatic ring is 1. The highest BCUT2D eigenvalue weighted by molar-refractivity contribution is 7.20. The second-order valence-electron chi connectivity index (χ2n) is 5.59. The second kappa shape index (κ2) is 6.14. The number of aromatic nitrogens is 2. The first kappa shape index (κ1) is 15.5. The van der Waals surface area contributed by atoms with Gasteiger partial charge in [-0.2, -0.15) is 0 Å². The highest BCUT2D eigenvalue weighted by Crippen LogP contribution is 2.31. The lowest BCUT2D eigenvalue weighted by Crippen LogP contribution is -2.01. The number of thiophene rings is 1. The highest BCUT2D eigenvalue weighted by atomic mass is 32.1. The molecule has 4 aromatic rings. The summed E-state index contributed by atoms with van der Waals surface area (Å²) in [7, 11) is 0. The summed E-state index contributed by atoms with van der Waals surface area (Å²) in [6.07, 6.45) is 1.73.